The molecule has 0 amide bonds. The molecule has 2 aromatic rings. The molecule has 0 aliphatic carbocycles. The molecule has 1 aromatic carbocycles. The maximum absolute atomic E-state index is 3.49. The monoisotopic (exact) mass is 242 g/mol. The Morgan fingerprint density at radius 3 is 2.67 bits per heavy atom. The number of nitrogens with one attached hydrogen (secondary N) is 1. The number of benzene rings is 1. The lowest BCUT2D eigenvalue weighted by Crippen LogP contribution is -2.08. The summed E-state index contributed by atoms with van der Waals surface area (Å²) in [5, 5.41) is 4.99. The number of rotatable bonds is 1. The molecule has 1 unspecified atom stereocenters. The topological polar surface area (TPSA) is 17.0 Å². The van der Waals surface area contributed by atoms with Gasteiger partial charge in [0.1, 0.15) is 0 Å². The minimum atomic E-state index is 0.690. The minimum absolute atomic E-state index is 0.690. The summed E-state index contributed by atoms with van der Waals surface area (Å²) in [4.78, 5) is 0. The van der Waals surface area contributed by atoms with Gasteiger partial charge >= 0.3 is 0 Å². The van der Waals surface area contributed by atoms with E-state index in [1.54, 1.807) is 5.56 Å². The van der Waals surface area contributed by atoms with Gasteiger partial charge in [-0.15, -0.1) is 0 Å². The Hall–Kier alpha value is -1.28. The van der Waals surface area contributed by atoms with E-state index >= 15 is 0 Å². The quantitative estimate of drug-likeness (QED) is 0.812. The van der Waals surface area contributed by atoms with Crippen molar-refractivity contribution in [3.63, 3.8) is 0 Å². The van der Waals surface area contributed by atoms with Crippen LogP contribution >= 0.6 is 0 Å². The molecule has 0 bridgehead atoms. The molecule has 3 rings (SSSR count). The van der Waals surface area contributed by atoms with E-state index in [0.717, 1.165) is 13.1 Å². The Morgan fingerprint density at radius 1 is 1.22 bits per heavy atom. The molecule has 2 nitrogen and oxygen atoms in total. The summed E-state index contributed by atoms with van der Waals surface area (Å²) in [5.74, 6) is 0.690. The molecule has 1 aliphatic rings. The molecular formula is C16H22N2. The number of aromatic nitrogens is 1. The molecule has 1 saturated heterocycles. The SMILES string of the molecule is Cc1cc(C)c2c(C3CCNC3)c(C)n(C)c2c1. The van der Waals surface area contributed by atoms with Crippen molar-refractivity contribution >= 4 is 10.9 Å². The van der Waals surface area contributed by atoms with Gasteiger partial charge in [0.25, 0.3) is 0 Å². The Morgan fingerprint density at radius 2 is 2.00 bits per heavy atom. The molecule has 1 aliphatic heterocycles. The van der Waals surface area contributed by atoms with Crippen molar-refractivity contribution < 1.29 is 0 Å². The summed E-state index contributed by atoms with van der Waals surface area (Å²) in [6.45, 7) is 8.99. The van der Waals surface area contributed by atoms with Crippen molar-refractivity contribution in [1.82, 2.24) is 9.88 Å². The molecule has 18 heavy (non-hydrogen) atoms. The minimum Gasteiger partial charge on any atom is -0.348 e. The van der Waals surface area contributed by atoms with Gasteiger partial charge < -0.3 is 9.88 Å². The second-order valence-electron chi connectivity index (χ2n) is 5.72. The zero-order chi connectivity index (χ0) is 12.9. The predicted molar refractivity (Wildman–Crippen MR) is 77.4 cm³/mol. The molecule has 96 valence electrons. The van der Waals surface area contributed by atoms with Crippen molar-refractivity contribution in [3.8, 4) is 0 Å². The van der Waals surface area contributed by atoms with Crippen LogP contribution in [0.4, 0.5) is 0 Å². The van der Waals surface area contributed by atoms with Crippen LogP contribution in [0.1, 0.15) is 34.7 Å². The highest BCUT2D eigenvalue weighted by atomic mass is 15.0. The average Bonchev–Trinajstić information content (AvgIpc) is 2.90. The van der Waals surface area contributed by atoms with Crippen molar-refractivity contribution in [2.75, 3.05) is 13.1 Å². The van der Waals surface area contributed by atoms with Gasteiger partial charge in [0.15, 0.2) is 0 Å². The normalized spacial score (nSPS) is 19.9. The molecule has 1 atom stereocenters. The first-order valence-electron chi connectivity index (χ1n) is 6.86. The van der Waals surface area contributed by atoms with Crippen LogP contribution in [-0.2, 0) is 7.05 Å². The van der Waals surface area contributed by atoms with Crippen LogP contribution in [-0.4, -0.2) is 17.7 Å². The first-order chi connectivity index (χ1) is 8.59. The van der Waals surface area contributed by atoms with Gasteiger partial charge in [-0.25, -0.2) is 0 Å². The van der Waals surface area contributed by atoms with Crippen LogP contribution in [0.2, 0.25) is 0 Å². The van der Waals surface area contributed by atoms with E-state index in [-0.39, 0.29) is 0 Å². The predicted octanol–water partition coefficient (Wildman–Crippen LogP) is 3.18. The van der Waals surface area contributed by atoms with Crippen LogP contribution < -0.4 is 5.32 Å². The number of hydrogen-bond donors (Lipinski definition) is 1. The lowest BCUT2D eigenvalue weighted by atomic mass is 9.93. The zero-order valence-electron chi connectivity index (χ0n) is 11.8. The lowest BCUT2D eigenvalue weighted by Gasteiger charge is -2.11. The summed E-state index contributed by atoms with van der Waals surface area (Å²) >= 11 is 0. The Bertz CT molecular complexity index is 601. The standard InChI is InChI=1S/C16H22N2/c1-10-7-11(2)15-14(8-10)18(4)12(3)16(15)13-5-6-17-9-13/h7-8,13,17H,5-6,9H2,1-4H3. The number of aryl methyl sites for hydroxylation is 3. The highest BCUT2D eigenvalue weighted by Crippen LogP contribution is 2.36. The Balaban J connectivity index is 2.33. The second-order valence-corrected chi connectivity index (χ2v) is 5.72. The summed E-state index contributed by atoms with van der Waals surface area (Å²) in [5.41, 5.74) is 7.20. The van der Waals surface area contributed by atoms with E-state index in [2.05, 4.69) is 49.8 Å². The van der Waals surface area contributed by atoms with Gasteiger partial charge in [-0.2, -0.15) is 0 Å². The third-order valence-corrected chi connectivity index (χ3v) is 4.45. The van der Waals surface area contributed by atoms with E-state index in [9.17, 15) is 0 Å². The third kappa shape index (κ3) is 1.59. The molecule has 2 heterocycles. The number of hydrogen-bond acceptors (Lipinski definition) is 1. The van der Waals surface area contributed by atoms with Gasteiger partial charge in [-0.1, -0.05) is 6.07 Å². The van der Waals surface area contributed by atoms with Crippen molar-refractivity contribution in [3.05, 3.63) is 34.5 Å². The van der Waals surface area contributed by atoms with Gasteiger partial charge in [-0.3, -0.25) is 0 Å². The fourth-order valence-corrected chi connectivity index (χ4v) is 3.50. The Labute approximate surface area is 109 Å². The molecule has 0 saturated carbocycles. The van der Waals surface area contributed by atoms with Crippen LogP contribution in [0.5, 0.6) is 0 Å². The first kappa shape index (κ1) is 11.8. The van der Waals surface area contributed by atoms with Crippen LogP contribution in [0, 0.1) is 20.8 Å². The largest absolute Gasteiger partial charge is 0.348 e. The van der Waals surface area contributed by atoms with Crippen LogP contribution in [0.15, 0.2) is 12.1 Å². The maximum Gasteiger partial charge on any atom is 0.0488 e. The van der Waals surface area contributed by atoms with E-state index in [0.29, 0.717) is 5.92 Å². The highest BCUT2D eigenvalue weighted by Gasteiger charge is 2.24. The maximum atomic E-state index is 3.49. The van der Waals surface area contributed by atoms with Crippen LogP contribution in [0.3, 0.4) is 0 Å². The molecule has 2 heteroatoms. The highest BCUT2D eigenvalue weighted by molar-refractivity contribution is 5.89. The molecule has 0 radical (unpaired) electrons. The van der Waals surface area contributed by atoms with Crippen molar-refractivity contribution in [2.24, 2.45) is 7.05 Å². The third-order valence-electron chi connectivity index (χ3n) is 4.45. The van der Waals surface area contributed by atoms with Crippen molar-refractivity contribution in [2.45, 2.75) is 33.1 Å². The molecular weight excluding hydrogens is 220 g/mol. The van der Waals surface area contributed by atoms with E-state index in [1.807, 2.05) is 0 Å². The fraction of sp³-hybridized carbons (Fsp3) is 0.500. The summed E-state index contributed by atoms with van der Waals surface area (Å²) in [6, 6.07) is 4.63. The lowest BCUT2D eigenvalue weighted by molar-refractivity contribution is 0.751. The number of nitrogens with zero attached hydrogens (tertiary/aromatic N) is 1. The Kier molecular flexibility index (Phi) is 2.70. The summed E-state index contributed by atoms with van der Waals surface area (Å²) < 4.78 is 2.36. The van der Waals surface area contributed by atoms with Gasteiger partial charge in [-0.05, 0) is 62.4 Å². The molecule has 0 spiro atoms. The smallest absolute Gasteiger partial charge is 0.0488 e. The number of fused-ring (bicyclic) bond motifs is 1. The van der Waals surface area contributed by atoms with Gasteiger partial charge in [0.2, 0.25) is 0 Å². The molecule has 1 N–H and O–H groups in total. The van der Waals surface area contributed by atoms with Crippen molar-refractivity contribution in [1.29, 1.82) is 0 Å². The van der Waals surface area contributed by atoms with E-state index < -0.39 is 0 Å². The fourth-order valence-electron chi connectivity index (χ4n) is 3.50. The average molecular weight is 242 g/mol. The molecule has 1 fully saturated rings. The summed E-state index contributed by atoms with van der Waals surface area (Å²) in [6.07, 6.45) is 1.27. The zero-order valence-corrected chi connectivity index (χ0v) is 11.8. The summed E-state index contributed by atoms with van der Waals surface area (Å²) in [7, 11) is 2.20. The van der Waals surface area contributed by atoms with Crippen LogP contribution in [0.25, 0.3) is 10.9 Å². The van der Waals surface area contributed by atoms with E-state index in [1.165, 1.54) is 34.1 Å². The first-order valence-corrected chi connectivity index (χ1v) is 6.86. The van der Waals surface area contributed by atoms with Gasteiger partial charge in [0.05, 0.1) is 0 Å². The second kappa shape index (κ2) is 4.13. The van der Waals surface area contributed by atoms with E-state index in [4.69, 9.17) is 0 Å². The van der Waals surface area contributed by atoms with Gasteiger partial charge in [0, 0.05) is 30.2 Å². The molecule has 1 aromatic heterocycles.